The number of hydrogen-bond acceptors (Lipinski definition) is 5. The number of benzene rings is 1. The summed E-state index contributed by atoms with van der Waals surface area (Å²) in [6.45, 7) is 8.62. The first-order chi connectivity index (χ1) is 12.9. The van der Waals surface area contributed by atoms with Gasteiger partial charge in [0.25, 0.3) is 0 Å². The second kappa shape index (κ2) is 8.85. The lowest BCUT2D eigenvalue weighted by molar-refractivity contribution is -0.127. The van der Waals surface area contributed by atoms with E-state index < -0.39 is 0 Å². The van der Waals surface area contributed by atoms with Gasteiger partial charge in [-0.15, -0.1) is 10.2 Å². The minimum Gasteiger partial charge on any atom is -0.419 e. The van der Waals surface area contributed by atoms with E-state index in [0.29, 0.717) is 29.3 Å². The highest BCUT2D eigenvalue weighted by Crippen LogP contribution is 2.23. The molecular weight excluding hydrogens is 364 g/mol. The molecule has 1 unspecified atom stereocenters. The number of carbonyl (C=O) groups is 1. The van der Waals surface area contributed by atoms with E-state index in [1.165, 1.54) is 0 Å². The fourth-order valence-corrected chi connectivity index (χ4v) is 3.21. The molecule has 2 heterocycles. The van der Waals surface area contributed by atoms with Gasteiger partial charge in [-0.1, -0.05) is 25.4 Å². The summed E-state index contributed by atoms with van der Waals surface area (Å²) in [7, 11) is 0. The van der Waals surface area contributed by atoms with Crippen LogP contribution in [0, 0.1) is 11.8 Å². The third-order valence-corrected chi connectivity index (χ3v) is 5.50. The van der Waals surface area contributed by atoms with Gasteiger partial charge < -0.3 is 9.73 Å². The van der Waals surface area contributed by atoms with Crippen molar-refractivity contribution in [2.75, 3.05) is 13.1 Å². The molecule has 27 heavy (non-hydrogen) atoms. The van der Waals surface area contributed by atoms with E-state index in [2.05, 4.69) is 41.2 Å². The van der Waals surface area contributed by atoms with Crippen LogP contribution in [0.5, 0.6) is 0 Å². The Morgan fingerprint density at radius 2 is 1.89 bits per heavy atom. The van der Waals surface area contributed by atoms with E-state index >= 15 is 0 Å². The van der Waals surface area contributed by atoms with E-state index in [-0.39, 0.29) is 17.9 Å². The summed E-state index contributed by atoms with van der Waals surface area (Å²) in [5.74, 6) is 1.81. The number of nitrogens with zero attached hydrogens (tertiary/aromatic N) is 3. The molecule has 1 aliphatic rings. The van der Waals surface area contributed by atoms with E-state index in [4.69, 9.17) is 16.0 Å². The van der Waals surface area contributed by atoms with Crippen molar-refractivity contribution in [1.29, 1.82) is 0 Å². The molecule has 1 aromatic heterocycles. The van der Waals surface area contributed by atoms with Crippen molar-refractivity contribution in [1.82, 2.24) is 20.4 Å². The molecule has 7 heteroatoms. The maximum atomic E-state index is 12.4. The molecular formula is C20H27ClN4O2. The fourth-order valence-electron chi connectivity index (χ4n) is 3.08. The largest absolute Gasteiger partial charge is 0.419 e. The predicted molar refractivity (Wildman–Crippen MR) is 105 cm³/mol. The monoisotopic (exact) mass is 390 g/mol. The van der Waals surface area contributed by atoms with Gasteiger partial charge in [0.05, 0.1) is 6.54 Å². The average Bonchev–Trinajstić information content (AvgIpc) is 3.11. The lowest BCUT2D eigenvalue weighted by atomic mass is 9.95. The number of hydrogen-bond donors (Lipinski definition) is 1. The molecule has 0 bridgehead atoms. The minimum absolute atomic E-state index is 0.0924. The molecule has 0 saturated carbocycles. The molecule has 0 aliphatic carbocycles. The molecule has 3 rings (SSSR count). The van der Waals surface area contributed by atoms with E-state index in [9.17, 15) is 4.79 Å². The fraction of sp³-hybridized carbons (Fsp3) is 0.550. The van der Waals surface area contributed by atoms with Crippen LogP contribution in [0.4, 0.5) is 0 Å². The van der Waals surface area contributed by atoms with Crippen LogP contribution < -0.4 is 5.32 Å². The van der Waals surface area contributed by atoms with Crippen LogP contribution in [-0.2, 0) is 11.3 Å². The average molecular weight is 391 g/mol. The van der Waals surface area contributed by atoms with Gasteiger partial charge in [-0.25, -0.2) is 0 Å². The highest BCUT2D eigenvalue weighted by atomic mass is 35.5. The Labute approximate surface area is 165 Å². The standard InChI is InChI=1S/C20H27ClN4O2/c1-13(2)14(3)22-19(26)15-8-10-25(11-9-15)12-18-23-24-20(27-18)16-4-6-17(21)7-5-16/h4-7,13-15H,8-12H2,1-3H3,(H,22,26). The molecule has 6 nitrogen and oxygen atoms in total. The van der Waals surface area contributed by atoms with Crippen molar-refractivity contribution >= 4 is 17.5 Å². The van der Waals surface area contributed by atoms with Crippen LogP contribution >= 0.6 is 11.6 Å². The second-order valence-electron chi connectivity index (χ2n) is 7.60. The molecule has 1 N–H and O–H groups in total. The first-order valence-corrected chi connectivity index (χ1v) is 9.91. The summed E-state index contributed by atoms with van der Waals surface area (Å²) in [6, 6.07) is 7.54. The molecule has 2 aromatic rings. The quantitative estimate of drug-likeness (QED) is 0.813. The third kappa shape index (κ3) is 5.30. The molecule has 1 saturated heterocycles. The molecule has 1 fully saturated rings. The first kappa shape index (κ1) is 19.8. The maximum Gasteiger partial charge on any atom is 0.247 e. The number of rotatable bonds is 6. The van der Waals surface area contributed by atoms with Gasteiger partial charge in [-0.3, -0.25) is 9.69 Å². The Bertz CT molecular complexity index is 752. The SMILES string of the molecule is CC(C)C(C)NC(=O)C1CCN(Cc2nnc(-c3ccc(Cl)cc3)o2)CC1. The summed E-state index contributed by atoms with van der Waals surface area (Å²) in [5, 5.41) is 12.1. The molecule has 1 aliphatic heterocycles. The van der Waals surface area contributed by atoms with Gasteiger partial charge in [0.2, 0.25) is 17.7 Å². The molecule has 146 valence electrons. The van der Waals surface area contributed by atoms with E-state index in [1.807, 2.05) is 12.1 Å². The van der Waals surface area contributed by atoms with Crippen molar-refractivity contribution < 1.29 is 9.21 Å². The minimum atomic E-state index is 0.0924. The zero-order valence-corrected chi connectivity index (χ0v) is 16.9. The van der Waals surface area contributed by atoms with Crippen molar-refractivity contribution in [2.45, 2.75) is 46.2 Å². The molecule has 1 atom stereocenters. The maximum absolute atomic E-state index is 12.4. The highest BCUT2D eigenvalue weighted by molar-refractivity contribution is 6.30. The Hall–Kier alpha value is -1.92. The van der Waals surface area contributed by atoms with Gasteiger partial charge in [0, 0.05) is 22.5 Å². The van der Waals surface area contributed by atoms with Crippen molar-refractivity contribution in [3.8, 4) is 11.5 Å². The normalized spacial score (nSPS) is 17.2. The Kier molecular flexibility index (Phi) is 6.50. The molecule has 1 aromatic carbocycles. The lowest BCUT2D eigenvalue weighted by Gasteiger charge is -2.31. The Balaban J connectivity index is 1.49. The smallest absolute Gasteiger partial charge is 0.247 e. The van der Waals surface area contributed by atoms with Crippen molar-refractivity contribution in [3.05, 3.63) is 35.2 Å². The summed E-state index contributed by atoms with van der Waals surface area (Å²) >= 11 is 5.91. The zero-order chi connectivity index (χ0) is 19.4. The van der Waals surface area contributed by atoms with Gasteiger partial charge in [0.1, 0.15) is 0 Å². The topological polar surface area (TPSA) is 71.3 Å². The van der Waals surface area contributed by atoms with Crippen LogP contribution in [0.2, 0.25) is 5.02 Å². The summed E-state index contributed by atoms with van der Waals surface area (Å²) in [6.07, 6.45) is 1.71. The van der Waals surface area contributed by atoms with Crippen LogP contribution in [-0.4, -0.2) is 40.1 Å². The Morgan fingerprint density at radius 3 is 2.52 bits per heavy atom. The zero-order valence-electron chi connectivity index (χ0n) is 16.1. The summed E-state index contributed by atoms with van der Waals surface area (Å²) in [4.78, 5) is 14.6. The van der Waals surface area contributed by atoms with Crippen molar-refractivity contribution in [2.24, 2.45) is 11.8 Å². The van der Waals surface area contributed by atoms with Crippen LogP contribution in [0.3, 0.4) is 0 Å². The molecule has 0 radical (unpaired) electrons. The van der Waals surface area contributed by atoms with Crippen LogP contribution in [0.1, 0.15) is 39.5 Å². The number of likely N-dealkylation sites (tertiary alicyclic amines) is 1. The second-order valence-corrected chi connectivity index (χ2v) is 8.04. The van der Waals surface area contributed by atoms with Crippen LogP contribution in [0.15, 0.2) is 28.7 Å². The van der Waals surface area contributed by atoms with Gasteiger partial charge >= 0.3 is 0 Å². The number of amides is 1. The Morgan fingerprint density at radius 1 is 1.22 bits per heavy atom. The van der Waals surface area contributed by atoms with Gasteiger partial charge in [0.15, 0.2) is 0 Å². The number of aromatic nitrogens is 2. The molecule has 1 amide bonds. The van der Waals surface area contributed by atoms with E-state index in [0.717, 1.165) is 31.5 Å². The summed E-state index contributed by atoms with van der Waals surface area (Å²) < 4.78 is 5.78. The van der Waals surface area contributed by atoms with Crippen LogP contribution in [0.25, 0.3) is 11.5 Å². The number of halogens is 1. The number of carbonyl (C=O) groups excluding carboxylic acids is 1. The number of nitrogens with one attached hydrogen (secondary N) is 1. The lowest BCUT2D eigenvalue weighted by Crippen LogP contribution is -2.44. The predicted octanol–water partition coefficient (Wildman–Crippen LogP) is 3.76. The number of piperidine rings is 1. The molecule has 0 spiro atoms. The third-order valence-electron chi connectivity index (χ3n) is 5.25. The van der Waals surface area contributed by atoms with Gasteiger partial charge in [-0.2, -0.15) is 0 Å². The van der Waals surface area contributed by atoms with Gasteiger partial charge in [-0.05, 0) is 63.0 Å². The van der Waals surface area contributed by atoms with Crippen molar-refractivity contribution in [3.63, 3.8) is 0 Å². The van der Waals surface area contributed by atoms with E-state index in [1.54, 1.807) is 12.1 Å². The first-order valence-electron chi connectivity index (χ1n) is 9.53. The highest BCUT2D eigenvalue weighted by Gasteiger charge is 2.27. The summed E-state index contributed by atoms with van der Waals surface area (Å²) in [5.41, 5.74) is 0.854.